The van der Waals surface area contributed by atoms with Gasteiger partial charge in [0.2, 0.25) is 0 Å². The van der Waals surface area contributed by atoms with E-state index < -0.39 is 33.5 Å². The highest BCUT2D eigenvalue weighted by Gasteiger charge is 2.54. The summed E-state index contributed by atoms with van der Waals surface area (Å²) in [5, 5.41) is 5.14. The summed E-state index contributed by atoms with van der Waals surface area (Å²) < 4.78 is 37.4. The van der Waals surface area contributed by atoms with Crippen LogP contribution in [0.2, 0.25) is 51.4 Å². The molecule has 11 heteroatoms. The molecule has 2 aliphatic rings. The molecule has 45 heavy (non-hydrogen) atoms. The highest BCUT2D eigenvalue weighted by Crippen LogP contribution is 2.60. The van der Waals surface area contributed by atoms with E-state index in [0.29, 0.717) is 36.0 Å². The fourth-order valence-corrected chi connectivity index (χ4v) is 7.65. The molecule has 2 aromatic heterocycles. The van der Waals surface area contributed by atoms with Crippen LogP contribution in [0.3, 0.4) is 0 Å². The summed E-state index contributed by atoms with van der Waals surface area (Å²) in [6.45, 7) is 23.9. The van der Waals surface area contributed by atoms with Crippen LogP contribution in [0, 0.1) is 17.2 Å². The molecular formula is C34H53FN4O4Si2. The van der Waals surface area contributed by atoms with E-state index in [2.05, 4.69) is 46.2 Å². The third-order valence-corrected chi connectivity index (χ3v) is 12.4. The Morgan fingerprint density at radius 1 is 1.04 bits per heavy atom. The van der Waals surface area contributed by atoms with Crippen LogP contribution in [0.4, 0.5) is 4.39 Å². The van der Waals surface area contributed by atoms with Crippen molar-refractivity contribution in [2.75, 3.05) is 13.2 Å². The van der Waals surface area contributed by atoms with Gasteiger partial charge in [-0.2, -0.15) is 5.10 Å². The van der Waals surface area contributed by atoms with Crippen LogP contribution in [0.15, 0.2) is 12.1 Å². The zero-order valence-electron chi connectivity index (χ0n) is 29.1. The average Bonchev–Trinajstić information content (AvgIpc) is 3.26. The van der Waals surface area contributed by atoms with Gasteiger partial charge in [0.05, 0.1) is 17.5 Å². The minimum atomic E-state index is -1.30. The maximum absolute atomic E-state index is 15.4. The first kappa shape index (κ1) is 34.0. The van der Waals surface area contributed by atoms with E-state index in [1.54, 1.807) is 6.07 Å². The first-order valence-electron chi connectivity index (χ1n) is 16.5. The van der Waals surface area contributed by atoms with E-state index in [1.807, 2.05) is 30.0 Å². The molecule has 1 fully saturated rings. The predicted molar refractivity (Wildman–Crippen MR) is 182 cm³/mol. The molecule has 3 aromatic rings. The summed E-state index contributed by atoms with van der Waals surface area (Å²) in [5.74, 6) is 0.375. The van der Waals surface area contributed by atoms with Crippen molar-refractivity contribution >= 4 is 33.2 Å². The number of hydrogen-bond acceptors (Lipinski definition) is 6. The molecule has 0 N–H and O–H groups in total. The van der Waals surface area contributed by atoms with Crippen molar-refractivity contribution < 1.29 is 23.4 Å². The number of fused-ring (bicyclic) bond motifs is 3. The first-order valence-corrected chi connectivity index (χ1v) is 23.9. The lowest BCUT2D eigenvalue weighted by atomic mass is 9.87. The molecule has 2 aliphatic carbocycles. The number of halogens is 1. The van der Waals surface area contributed by atoms with Gasteiger partial charge in [-0.05, 0) is 69.5 Å². The third kappa shape index (κ3) is 8.33. The number of carbonyl (C=O) groups is 1. The number of carbonyl (C=O) groups excluding carboxylic acids is 1. The molecule has 2 heterocycles. The zero-order valence-corrected chi connectivity index (χ0v) is 31.1. The van der Waals surface area contributed by atoms with E-state index in [9.17, 15) is 4.79 Å². The zero-order chi connectivity index (χ0) is 32.9. The molecule has 1 aromatic carbocycles. The Morgan fingerprint density at radius 3 is 2.31 bits per heavy atom. The Kier molecular flexibility index (Phi) is 9.33. The molecule has 0 bridgehead atoms. The molecule has 0 saturated heterocycles. The van der Waals surface area contributed by atoms with Crippen molar-refractivity contribution in [1.29, 1.82) is 0 Å². The molecule has 2 atom stereocenters. The molecule has 5 rings (SSSR count). The van der Waals surface area contributed by atoms with E-state index in [1.165, 1.54) is 23.7 Å². The Morgan fingerprint density at radius 2 is 1.69 bits per heavy atom. The third-order valence-electron chi connectivity index (χ3n) is 9.04. The van der Waals surface area contributed by atoms with Gasteiger partial charge in [-0.25, -0.2) is 14.1 Å². The number of aromatic nitrogens is 4. The van der Waals surface area contributed by atoms with Crippen LogP contribution in [0.25, 0.3) is 22.6 Å². The van der Waals surface area contributed by atoms with Gasteiger partial charge in [-0.1, -0.05) is 46.2 Å². The number of hydrogen-bond donors (Lipinski definition) is 0. The van der Waals surface area contributed by atoms with E-state index >= 15 is 4.39 Å². The monoisotopic (exact) mass is 656 g/mol. The van der Waals surface area contributed by atoms with Crippen LogP contribution >= 0.6 is 0 Å². The maximum Gasteiger partial charge on any atom is 0.310 e. The lowest BCUT2D eigenvalue weighted by Crippen LogP contribution is -2.25. The molecule has 1 saturated carbocycles. The van der Waals surface area contributed by atoms with Gasteiger partial charge in [0.1, 0.15) is 30.6 Å². The second-order valence-corrected chi connectivity index (χ2v) is 28.2. The van der Waals surface area contributed by atoms with Crippen molar-refractivity contribution in [1.82, 2.24) is 19.3 Å². The van der Waals surface area contributed by atoms with Gasteiger partial charge in [-0.3, -0.25) is 9.36 Å². The second kappa shape index (κ2) is 12.4. The van der Waals surface area contributed by atoms with Crippen LogP contribution in [-0.4, -0.2) is 60.3 Å². The van der Waals surface area contributed by atoms with Crippen molar-refractivity contribution in [3.8, 4) is 11.5 Å². The second-order valence-electron chi connectivity index (χ2n) is 17.0. The van der Waals surface area contributed by atoms with Crippen LogP contribution in [-0.2, 0) is 51.7 Å². The molecule has 0 spiro atoms. The van der Waals surface area contributed by atoms with Crippen LogP contribution in [0.5, 0.6) is 0 Å². The first-order chi connectivity index (χ1) is 20.8. The average molecular weight is 657 g/mol. The van der Waals surface area contributed by atoms with Gasteiger partial charge in [0, 0.05) is 52.2 Å². The highest BCUT2D eigenvalue weighted by atomic mass is 28.3. The van der Waals surface area contributed by atoms with Crippen LogP contribution < -0.4 is 0 Å². The summed E-state index contributed by atoms with van der Waals surface area (Å²) in [6, 6.07) is 5.29. The van der Waals surface area contributed by atoms with Gasteiger partial charge in [-0.15, -0.1) is 0 Å². The minimum Gasteiger partial charge on any atom is -0.460 e. The summed E-state index contributed by atoms with van der Waals surface area (Å²) in [6.07, 6.45) is 2.98. The van der Waals surface area contributed by atoms with Crippen LogP contribution in [0.1, 0.15) is 50.9 Å². The summed E-state index contributed by atoms with van der Waals surface area (Å²) in [5.41, 5.74) is 4.47. The van der Waals surface area contributed by atoms with Gasteiger partial charge in [0.15, 0.2) is 5.82 Å². The molecule has 0 unspecified atom stereocenters. The molecule has 0 aliphatic heterocycles. The fraction of sp³-hybridized carbons (Fsp3) is 0.676. The maximum atomic E-state index is 15.4. The van der Waals surface area contributed by atoms with Crippen molar-refractivity contribution in [3.63, 3.8) is 0 Å². The Bertz CT molecular complexity index is 1560. The summed E-state index contributed by atoms with van der Waals surface area (Å²) in [4.78, 5) is 17.6. The molecular weight excluding hydrogens is 604 g/mol. The van der Waals surface area contributed by atoms with Crippen molar-refractivity contribution in [2.24, 2.45) is 11.3 Å². The molecule has 0 amide bonds. The largest absolute Gasteiger partial charge is 0.460 e. The smallest absolute Gasteiger partial charge is 0.310 e. The molecule has 0 radical (unpaired) electrons. The Balaban J connectivity index is 1.53. The Labute approximate surface area is 270 Å². The van der Waals surface area contributed by atoms with Gasteiger partial charge in [0.25, 0.3) is 0 Å². The number of benzene rings is 1. The van der Waals surface area contributed by atoms with Crippen molar-refractivity contribution in [2.45, 2.75) is 124 Å². The number of rotatable bonds is 13. The SMILES string of the molecule is CC(C)(C)OC(=O)Cc1cc2c(cc1F)nc(-c1nn(COCC[Si](C)(C)C)c3c1C[C@@H]1C[C@]1(C)C3)n2COCC[Si](C)(C)C. The van der Waals surface area contributed by atoms with Crippen molar-refractivity contribution in [3.05, 3.63) is 34.8 Å². The topological polar surface area (TPSA) is 80.4 Å². The highest BCUT2D eigenvalue weighted by molar-refractivity contribution is 6.76. The number of esters is 1. The number of ether oxygens (including phenoxy) is 3. The minimum absolute atomic E-state index is 0.158. The lowest BCUT2D eigenvalue weighted by Gasteiger charge is -2.21. The van der Waals surface area contributed by atoms with Gasteiger partial charge >= 0.3 is 5.97 Å². The molecule has 248 valence electrons. The van der Waals surface area contributed by atoms with E-state index in [4.69, 9.17) is 24.3 Å². The Hall–Kier alpha value is -2.35. The predicted octanol–water partition coefficient (Wildman–Crippen LogP) is 7.67. The fourth-order valence-electron chi connectivity index (χ4n) is 6.13. The normalized spacial score (nSPS) is 19.9. The summed E-state index contributed by atoms with van der Waals surface area (Å²) in [7, 11) is -2.51. The standard InChI is InChI=1S/C34H53FN4O4Si2/c1-33(2,3)43-30(40)16-23-15-28-27(18-26(23)35)36-32(38(28)21-41-11-13-44(5,6)7)31-25-17-24-19-34(24,4)20-29(25)39(37-31)22-42-12-14-45(8,9)10/h15,18,24H,11-14,16-17,19-22H2,1-10H3/t24-,34-/m1/s1. The van der Waals surface area contributed by atoms with E-state index in [0.717, 1.165) is 42.7 Å². The number of imidazole rings is 1. The van der Waals surface area contributed by atoms with E-state index in [-0.39, 0.29) is 18.7 Å². The molecule has 8 nitrogen and oxygen atoms in total. The number of nitrogens with zero attached hydrogens (tertiary/aromatic N) is 4. The lowest BCUT2D eigenvalue weighted by molar-refractivity contribution is -0.153. The van der Waals surface area contributed by atoms with Gasteiger partial charge < -0.3 is 14.2 Å². The quantitative estimate of drug-likeness (QED) is 0.107. The summed E-state index contributed by atoms with van der Waals surface area (Å²) >= 11 is 0.